The molecule has 2 heterocycles. The van der Waals surface area contributed by atoms with E-state index in [1.807, 2.05) is 0 Å². The first-order chi connectivity index (χ1) is 10.2. The van der Waals surface area contributed by atoms with Crippen molar-refractivity contribution in [3.63, 3.8) is 0 Å². The zero-order chi connectivity index (χ0) is 14.7. The monoisotopic (exact) mass is 327 g/mol. The minimum Gasteiger partial charge on any atom is -0.379 e. The number of hydrogen-bond acceptors (Lipinski definition) is 5. The molecule has 0 unspecified atom stereocenters. The largest absolute Gasteiger partial charge is 0.379 e. The Labute approximate surface area is 131 Å². The zero-order valence-electron chi connectivity index (χ0n) is 11.3. The lowest BCUT2D eigenvalue weighted by Crippen LogP contribution is -2.45. The van der Waals surface area contributed by atoms with Gasteiger partial charge in [-0.3, -0.25) is 0 Å². The summed E-state index contributed by atoms with van der Waals surface area (Å²) in [4.78, 5) is 5.08. The molecule has 1 aromatic heterocycles. The van der Waals surface area contributed by atoms with E-state index in [-0.39, 0.29) is 5.82 Å². The van der Waals surface area contributed by atoms with Gasteiger partial charge in [0.2, 0.25) is 0 Å². The third-order valence-corrected chi connectivity index (χ3v) is 4.56. The summed E-state index contributed by atoms with van der Waals surface area (Å²) in [5.74, 6) is -0.321. The van der Waals surface area contributed by atoms with Crippen LogP contribution in [0.3, 0.4) is 0 Å². The van der Waals surface area contributed by atoms with Gasteiger partial charge in [-0.15, -0.1) is 11.3 Å². The van der Waals surface area contributed by atoms with Crippen molar-refractivity contribution in [1.29, 1.82) is 0 Å². The summed E-state index contributed by atoms with van der Waals surface area (Å²) in [5.41, 5.74) is 3.73. The van der Waals surface area contributed by atoms with Crippen LogP contribution in [-0.2, 0) is 11.3 Å². The number of benzene rings is 1. The van der Waals surface area contributed by atoms with Gasteiger partial charge in [-0.05, 0) is 12.1 Å². The highest BCUT2D eigenvalue weighted by atomic mass is 35.5. The Balaban J connectivity index is 1.68. The molecule has 0 atom stereocenters. The first kappa shape index (κ1) is 14.9. The van der Waals surface area contributed by atoms with Gasteiger partial charge < -0.3 is 4.74 Å². The van der Waals surface area contributed by atoms with Gasteiger partial charge in [0.05, 0.1) is 29.7 Å². The molecule has 0 aliphatic carbocycles. The Morgan fingerprint density at radius 3 is 2.95 bits per heavy atom. The minimum absolute atomic E-state index is 0.321. The number of hydrogen-bond donors (Lipinski definition) is 1. The average Bonchev–Trinajstić information content (AvgIpc) is 2.95. The first-order valence-corrected chi connectivity index (χ1v) is 7.89. The highest BCUT2D eigenvalue weighted by Gasteiger charge is 2.14. The average molecular weight is 328 g/mol. The number of ether oxygens (including phenoxy) is 1. The summed E-state index contributed by atoms with van der Waals surface area (Å²) in [6, 6.07) is 4.70. The van der Waals surface area contributed by atoms with Gasteiger partial charge in [-0.1, -0.05) is 17.7 Å². The predicted molar refractivity (Wildman–Crippen MR) is 81.7 cm³/mol. The van der Waals surface area contributed by atoms with Crippen molar-refractivity contribution in [3.05, 3.63) is 40.2 Å². The molecule has 1 aliphatic heterocycles. The number of thiazole rings is 1. The van der Waals surface area contributed by atoms with Crippen LogP contribution in [0.4, 0.5) is 4.39 Å². The lowest BCUT2D eigenvalue weighted by molar-refractivity contribution is 0.0105. The maximum absolute atomic E-state index is 13.9. The second-order valence-corrected chi connectivity index (χ2v) is 6.17. The van der Waals surface area contributed by atoms with Crippen LogP contribution in [0.1, 0.15) is 5.01 Å². The van der Waals surface area contributed by atoms with Gasteiger partial charge in [0.1, 0.15) is 10.8 Å². The Hall–Kier alpha value is -1.05. The van der Waals surface area contributed by atoms with E-state index < -0.39 is 0 Å². The van der Waals surface area contributed by atoms with Gasteiger partial charge in [0, 0.05) is 24.8 Å². The third-order valence-electron chi connectivity index (χ3n) is 3.23. The van der Waals surface area contributed by atoms with Crippen molar-refractivity contribution >= 4 is 22.9 Å². The highest BCUT2D eigenvalue weighted by molar-refractivity contribution is 7.15. The summed E-state index contributed by atoms with van der Waals surface area (Å²) in [6.07, 6.45) is 1.67. The van der Waals surface area contributed by atoms with Crippen LogP contribution in [0.25, 0.3) is 10.4 Å². The van der Waals surface area contributed by atoms with Crippen LogP contribution in [0.2, 0.25) is 5.02 Å². The summed E-state index contributed by atoms with van der Waals surface area (Å²) >= 11 is 7.52. The first-order valence-electron chi connectivity index (χ1n) is 6.69. The van der Waals surface area contributed by atoms with Crippen LogP contribution in [-0.4, -0.2) is 36.3 Å². The number of nitrogens with one attached hydrogen (secondary N) is 1. The van der Waals surface area contributed by atoms with E-state index in [9.17, 15) is 4.39 Å². The van der Waals surface area contributed by atoms with Gasteiger partial charge in [0.15, 0.2) is 0 Å². The summed E-state index contributed by atoms with van der Waals surface area (Å²) in [6.45, 7) is 3.81. The predicted octanol–water partition coefficient (Wildman–Crippen LogP) is 2.94. The molecule has 1 N–H and O–H groups in total. The topological polar surface area (TPSA) is 37.4 Å². The Bertz CT molecular complexity index is 596. The van der Waals surface area contributed by atoms with Crippen molar-refractivity contribution < 1.29 is 9.13 Å². The van der Waals surface area contributed by atoms with E-state index in [0.717, 1.165) is 36.2 Å². The maximum atomic E-state index is 13.9. The number of halogens is 2. The molecule has 0 radical (unpaired) electrons. The van der Waals surface area contributed by atoms with Crippen molar-refractivity contribution in [3.8, 4) is 10.4 Å². The van der Waals surface area contributed by atoms with Crippen molar-refractivity contribution in [2.24, 2.45) is 0 Å². The molecule has 7 heteroatoms. The quantitative estimate of drug-likeness (QED) is 0.937. The molecule has 0 amide bonds. The van der Waals surface area contributed by atoms with E-state index in [4.69, 9.17) is 16.3 Å². The van der Waals surface area contributed by atoms with E-state index in [1.54, 1.807) is 18.3 Å². The highest BCUT2D eigenvalue weighted by Crippen LogP contribution is 2.34. The zero-order valence-corrected chi connectivity index (χ0v) is 12.9. The lowest BCUT2D eigenvalue weighted by atomic mass is 10.2. The molecular weight excluding hydrogens is 313 g/mol. The van der Waals surface area contributed by atoms with E-state index in [0.29, 0.717) is 17.1 Å². The maximum Gasteiger partial charge on any atom is 0.133 e. The molecule has 1 aliphatic rings. The van der Waals surface area contributed by atoms with Crippen molar-refractivity contribution in [2.45, 2.75) is 6.54 Å². The lowest BCUT2D eigenvalue weighted by Gasteiger charge is -2.26. The van der Waals surface area contributed by atoms with Crippen LogP contribution in [0.5, 0.6) is 0 Å². The fraction of sp³-hybridized carbons (Fsp3) is 0.357. The molecule has 1 fully saturated rings. The van der Waals surface area contributed by atoms with E-state index >= 15 is 0 Å². The number of aromatic nitrogens is 1. The Morgan fingerprint density at radius 1 is 1.38 bits per heavy atom. The molecule has 3 rings (SSSR count). The normalized spacial score (nSPS) is 16.3. The summed E-state index contributed by atoms with van der Waals surface area (Å²) in [7, 11) is 0. The molecule has 112 valence electrons. The fourth-order valence-electron chi connectivity index (χ4n) is 2.14. The number of hydrazine groups is 1. The van der Waals surface area contributed by atoms with E-state index in [1.165, 1.54) is 17.4 Å². The van der Waals surface area contributed by atoms with E-state index in [2.05, 4.69) is 15.4 Å². The Morgan fingerprint density at radius 2 is 2.19 bits per heavy atom. The molecule has 4 nitrogen and oxygen atoms in total. The number of rotatable bonds is 4. The second kappa shape index (κ2) is 6.81. The molecule has 0 spiro atoms. The molecular formula is C14H15ClFN3OS. The molecule has 0 saturated carbocycles. The minimum atomic E-state index is -0.321. The van der Waals surface area contributed by atoms with Gasteiger partial charge in [-0.25, -0.2) is 19.8 Å². The van der Waals surface area contributed by atoms with Crippen LogP contribution in [0.15, 0.2) is 24.4 Å². The second-order valence-electron chi connectivity index (χ2n) is 4.65. The Kier molecular flexibility index (Phi) is 4.82. The molecule has 1 saturated heterocycles. The summed E-state index contributed by atoms with van der Waals surface area (Å²) < 4.78 is 19.2. The van der Waals surface area contributed by atoms with Gasteiger partial charge >= 0.3 is 0 Å². The van der Waals surface area contributed by atoms with Crippen molar-refractivity contribution in [2.75, 3.05) is 26.3 Å². The fourth-order valence-corrected chi connectivity index (χ4v) is 3.37. The number of nitrogens with zero attached hydrogens (tertiary/aromatic N) is 2. The number of morpholine rings is 1. The smallest absolute Gasteiger partial charge is 0.133 e. The van der Waals surface area contributed by atoms with Gasteiger partial charge in [-0.2, -0.15) is 0 Å². The molecule has 0 bridgehead atoms. The van der Waals surface area contributed by atoms with Crippen LogP contribution >= 0.6 is 22.9 Å². The molecule has 1 aromatic carbocycles. The van der Waals surface area contributed by atoms with Gasteiger partial charge in [0.25, 0.3) is 0 Å². The molecule has 2 aromatic rings. The standard InChI is InChI=1S/C14H15ClFN3OS/c15-10-2-1-3-11(16)14(10)12-8-17-13(21-12)9-18-19-4-6-20-7-5-19/h1-3,8,18H,4-7,9H2. The third kappa shape index (κ3) is 3.59. The SMILES string of the molecule is Fc1cccc(Cl)c1-c1cnc(CNN2CCOCC2)s1. The summed E-state index contributed by atoms with van der Waals surface area (Å²) in [5, 5.41) is 3.42. The van der Waals surface area contributed by atoms with Crippen LogP contribution in [0, 0.1) is 5.82 Å². The van der Waals surface area contributed by atoms with Crippen molar-refractivity contribution in [1.82, 2.24) is 15.4 Å². The van der Waals surface area contributed by atoms with Crippen LogP contribution < -0.4 is 5.43 Å². The molecule has 21 heavy (non-hydrogen) atoms.